The summed E-state index contributed by atoms with van der Waals surface area (Å²) in [7, 11) is 3.24. The van der Waals surface area contributed by atoms with Crippen LogP contribution in [0.3, 0.4) is 0 Å². The van der Waals surface area contributed by atoms with Gasteiger partial charge in [-0.2, -0.15) is 0 Å². The Hall–Kier alpha value is -0.850. The minimum absolute atomic E-state index is 0.0861. The first-order chi connectivity index (χ1) is 9.78. The highest BCUT2D eigenvalue weighted by Gasteiger charge is 2.33. The summed E-state index contributed by atoms with van der Waals surface area (Å²) in [5, 5.41) is 3.42. The molecule has 1 amide bonds. The zero-order valence-corrected chi connectivity index (χ0v) is 14.1. The molecule has 0 aliphatic carbocycles. The van der Waals surface area contributed by atoms with Gasteiger partial charge in [0.15, 0.2) is 6.29 Å². The van der Waals surface area contributed by atoms with Crippen molar-refractivity contribution < 1.29 is 19.0 Å². The maximum Gasteiger partial charge on any atom is 0.410 e. The van der Waals surface area contributed by atoms with Crippen molar-refractivity contribution >= 4 is 6.09 Å². The van der Waals surface area contributed by atoms with Crippen LogP contribution in [0.1, 0.15) is 40.5 Å². The molecule has 0 aromatic carbocycles. The molecule has 1 heterocycles. The summed E-state index contributed by atoms with van der Waals surface area (Å²) in [5.74, 6) is 0. The first-order valence-corrected chi connectivity index (χ1v) is 7.57. The number of likely N-dealkylation sites (tertiary alicyclic amines) is 1. The smallest absolute Gasteiger partial charge is 0.410 e. The van der Waals surface area contributed by atoms with E-state index in [0.29, 0.717) is 6.54 Å². The third kappa shape index (κ3) is 5.80. The molecule has 21 heavy (non-hydrogen) atoms. The maximum absolute atomic E-state index is 12.2. The van der Waals surface area contributed by atoms with Crippen LogP contribution in [-0.2, 0) is 14.2 Å². The van der Waals surface area contributed by atoms with Gasteiger partial charge in [-0.25, -0.2) is 4.79 Å². The molecular formula is C15H30N2O4. The summed E-state index contributed by atoms with van der Waals surface area (Å²) in [4.78, 5) is 14.1. The standard InChI is InChI=1S/C15H30N2O4/c1-11-12(16-10-13(19-5)20-6)8-7-9-17(11)14(18)21-15(2,3)4/h11-13,16H,7-10H2,1-6H3. The molecule has 1 saturated heterocycles. The lowest BCUT2D eigenvalue weighted by atomic mass is 9.98. The van der Waals surface area contributed by atoms with E-state index in [9.17, 15) is 4.79 Å². The predicted octanol–water partition coefficient (Wildman–Crippen LogP) is 1.98. The Morgan fingerprint density at radius 1 is 1.33 bits per heavy atom. The molecular weight excluding hydrogens is 272 g/mol. The van der Waals surface area contributed by atoms with E-state index in [1.54, 1.807) is 19.1 Å². The predicted molar refractivity (Wildman–Crippen MR) is 81.2 cm³/mol. The van der Waals surface area contributed by atoms with Gasteiger partial charge in [-0.05, 0) is 40.5 Å². The fraction of sp³-hybridized carbons (Fsp3) is 0.933. The quantitative estimate of drug-likeness (QED) is 0.787. The van der Waals surface area contributed by atoms with E-state index < -0.39 is 5.60 Å². The fourth-order valence-electron chi connectivity index (χ4n) is 2.50. The Balaban J connectivity index is 2.55. The highest BCUT2D eigenvalue weighted by molar-refractivity contribution is 5.68. The summed E-state index contributed by atoms with van der Waals surface area (Å²) in [5.41, 5.74) is -0.464. The van der Waals surface area contributed by atoms with Crippen molar-refractivity contribution in [2.24, 2.45) is 0 Å². The molecule has 6 heteroatoms. The average Bonchev–Trinajstić information content (AvgIpc) is 2.39. The van der Waals surface area contributed by atoms with Crippen molar-refractivity contribution in [2.75, 3.05) is 27.3 Å². The van der Waals surface area contributed by atoms with Crippen molar-refractivity contribution in [1.29, 1.82) is 0 Å². The number of rotatable bonds is 5. The third-order valence-electron chi connectivity index (χ3n) is 3.69. The van der Waals surface area contributed by atoms with Gasteiger partial charge in [-0.3, -0.25) is 0 Å². The van der Waals surface area contributed by atoms with E-state index in [1.807, 2.05) is 20.8 Å². The van der Waals surface area contributed by atoms with E-state index in [2.05, 4.69) is 12.2 Å². The molecule has 2 unspecified atom stereocenters. The molecule has 1 rings (SSSR count). The molecule has 0 bridgehead atoms. The molecule has 1 fully saturated rings. The van der Waals surface area contributed by atoms with Gasteiger partial charge < -0.3 is 24.4 Å². The van der Waals surface area contributed by atoms with Gasteiger partial charge in [0.05, 0.1) is 0 Å². The van der Waals surface area contributed by atoms with Crippen molar-refractivity contribution in [3.63, 3.8) is 0 Å². The summed E-state index contributed by atoms with van der Waals surface area (Å²) >= 11 is 0. The van der Waals surface area contributed by atoms with Gasteiger partial charge >= 0.3 is 6.09 Å². The summed E-state index contributed by atoms with van der Waals surface area (Å²) in [6.07, 6.45) is 1.48. The first-order valence-electron chi connectivity index (χ1n) is 7.57. The molecule has 124 valence electrons. The van der Waals surface area contributed by atoms with Crippen LogP contribution in [-0.4, -0.2) is 62.3 Å². The topological polar surface area (TPSA) is 60.0 Å². The number of carbonyl (C=O) groups is 1. The second kappa shape index (κ2) is 7.96. The van der Waals surface area contributed by atoms with Gasteiger partial charge in [-0.1, -0.05) is 0 Å². The summed E-state index contributed by atoms with van der Waals surface area (Å²) in [6.45, 7) is 9.05. The molecule has 2 atom stereocenters. The molecule has 1 aliphatic rings. The van der Waals surface area contributed by atoms with Crippen LogP contribution >= 0.6 is 0 Å². The Kier molecular flexibility index (Phi) is 6.90. The number of nitrogens with zero attached hydrogens (tertiary/aromatic N) is 1. The minimum atomic E-state index is -0.464. The Bertz CT molecular complexity index is 326. The number of hydrogen-bond donors (Lipinski definition) is 1. The van der Waals surface area contributed by atoms with Crippen LogP contribution in [0, 0.1) is 0 Å². The molecule has 1 N–H and O–H groups in total. The molecule has 0 aromatic heterocycles. The van der Waals surface area contributed by atoms with Crippen molar-refractivity contribution in [1.82, 2.24) is 10.2 Å². The Labute approximate surface area is 128 Å². The van der Waals surface area contributed by atoms with Gasteiger partial charge in [0.1, 0.15) is 5.60 Å². The number of ether oxygens (including phenoxy) is 3. The maximum atomic E-state index is 12.2. The van der Waals surface area contributed by atoms with Crippen LogP contribution in [0.25, 0.3) is 0 Å². The normalized spacial score (nSPS) is 23.5. The van der Waals surface area contributed by atoms with Crippen LogP contribution < -0.4 is 5.32 Å². The van der Waals surface area contributed by atoms with E-state index in [4.69, 9.17) is 14.2 Å². The Morgan fingerprint density at radius 3 is 2.48 bits per heavy atom. The molecule has 1 aliphatic heterocycles. The van der Waals surface area contributed by atoms with Gasteiger partial charge in [0.25, 0.3) is 0 Å². The van der Waals surface area contributed by atoms with E-state index in [0.717, 1.165) is 19.4 Å². The van der Waals surface area contributed by atoms with Crippen LogP contribution in [0.4, 0.5) is 4.79 Å². The highest BCUT2D eigenvalue weighted by atomic mass is 16.7. The van der Waals surface area contributed by atoms with E-state index in [-0.39, 0.29) is 24.5 Å². The van der Waals surface area contributed by atoms with Gasteiger partial charge in [0.2, 0.25) is 0 Å². The van der Waals surface area contributed by atoms with Crippen molar-refractivity contribution in [2.45, 2.75) is 64.5 Å². The number of amides is 1. The molecule has 0 saturated carbocycles. The summed E-state index contributed by atoms with van der Waals surface area (Å²) in [6, 6.07) is 0.307. The number of hydrogen-bond acceptors (Lipinski definition) is 5. The second-order valence-electron chi connectivity index (χ2n) is 6.47. The average molecular weight is 302 g/mol. The van der Waals surface area contributed by atoms with Crippen molar-refractivity contribution in [3.05, 3.63) is 0 Å². The highest BCUT2D eigenvalue weighted by Crippen LogP contribution is 2.20. The fourth-order valence-corrected chi connectivity index (χ4v) is 2.50. The van der Waals surface area contributed by atoms with E-state index >= 15 is 0 Å². The lowest BCUT2D eigenvalue weighted by Crippen LogP contribution is -2.56. The van der Waals surface area contributed by atoms with Crippen LogP contribution in [0.2, 0.25) is 0 Å². The zero-order chi connectivity index (χ0) is 16.0. The number of piperidine rings is 1. The largest absolute Gasteiger partial charge is 0.444 e. The zero-order valence-electron chi connectivity index (χ0n) is 14.1. The van der Waals surface area contributed by atoms with Gasteiger partial charge in [0, 0.05) is 39.4 Å². The Morgan fingerprint density at radius 2 is 1.95 bits per heavy atom. The van der Waals surface area contributed by atoms with Gasteiger partial charge in [-0.15, -0.1) is 0 Å². The molecule has 0 radical (unpaired) electrons. The minimum Gasteiger partial charge on any atom is -0.444 e. The molecule has 0 aromatic rings. The summed E-state index contributed by atoms with van der Waals surface area (Å²) < 4.78 is 15.8. The SMILES string of the molecule is COC(CNC1CCCN(C(=O)OC(C)(C)C)C1C)OC. The van der Waals surface area contributed by atoms with Crippen LogP contribution in [0.5, 0.6) is 0 Å². The number of methoxy groups -OCH3 is 2. The first kappa shape index (κ1) is 18.2. The molecule has 6 nitrogen and oxygen atoms in total. The number of nitrogens with one attached hydrogen (secondary N) is 1. The van der Waals surface area contributed by atoms with Crippen LogP contribution in [0.15, 0.2) is 0 Å². The third-order valence-corrected chi connectivity index (χ3v) is 3.69. The monoisotopic (exact) mass is 302 g/mol. The lowest BCUT2D eigenvalue weighted by Gasteiger charge is -2.40. The number of carbonyl (C=O) groups excluding carboxylic acids is 1. The lowest BCUT2D eigenvalue weighted by molar-refractivity contribution is -0.101. The van der Waals surface area contributed by atoms with E-state index in [1.165, 1.54) is 0 Å². The van der Waals surface area contributed by atoms with Crippen molar-refractivity contribution in [3.8, 4) is 0 Å². The second-order valence-corrected chi connectivity index (χ2v) is 6.47. The molecule has 0 spiro atoms.